The molecule has 0 saturated heterocycles. The van der Waals surface area contributed by atoms with Crippen molar-refractivity contribution in [2.45, 2.75) is 25.7 Å². The Balaban J connectivity index is 0.000000370. The fraction of sp³-hybridized carbons (Fsp3) is 0.316. The van der Waals surface area contributed by atoms with Gasteiger partial charge in [0.15, 0.2) is 0 Å². The molecule has 2 aromatic heterocycles. The topological polar surface area (TPSA) is 79.7 Å². The van der Waals surface area contributed by atoms with Gasteiger partial charge in [-0.2, -0.15) is 24.5 Å². The van der Waals surface area contributed by atoms with E-state index in [2.05, 4.69) is 11.6 Å². The number of carboxylic acids is 1. The third-order valence-electron chi connectivity index (χ3n) is 4.02. The Kier molecular flexibility index (Phi) is 7.91. The number of amides is 1. The van der Waals surface area contributed by atoms with Gasteiger partial charge in [-0.1, -0.05) is 6.08 Å². The van der Waals surface area contributed by atoms with Gasteiger partial charge in [0.1, 0.15) is 0 Å². The largest absolute Gasteiger partial charge is 0.490 e. The molecule has 1 aliphatic heterocycles. The molecule has 6 nitrogen and oxygen atoms in total. The minimum absolute atomic E-state index is 0.0974. The van der Waals surface area contributed by atoms with Crippen molar-refractivity contribution in [1.29, 1.82) is 0 Å². The zero-order valence-electron chi connectivity index (χ0n) is 15.3. The number of thiophene rings is 1. The first-order valence-corrected chi connectivity index (χ1v) is 9.43. The van der Waals surface area contributed by atoms with Crippen molar-refractivity contribution in [3.05, 3.63) is 64.1 Å². The molecule has 1 aliphatic rings. The Morgan fingerprint density at radius 1 is 1.38 bits per heavy atom. The number of halogens is 3. The van der Waals surface area contributed by atoms with E-state index in [0.29, 0.717) is 19.8 Å². The SMILES string of the molecule is C=CCOCc1cncc2c1CCN(C(=O)c1ccsc1)C2.O=C(O)C(F)(F)F. The van der Waals surface area contributed by atoms with Gasteiger partial charge >= 0.3 is 12.1 Å². The van der Waals surface area contributed by atoms with Gasteiger partial charge in [0.05, 0.1) is 18.8 Å². The molecule has 1 N–H and O–H groups in total. The van der Waals surface area contributed by atoms with Crippen LogP contribution in [-0.2, 0) is 29.1 Å². The van der Waals surface area contributed by atoms with Crippen LogP contribution in [0, 0.1) is 0 Å². The lowest BCUT2D eigenvalue weighted by Gasteiger charge is -2.29. The van der Waals surface area contributed by atoms with Crippen LogP contribution in [0.5, 0.6) is 0 Å². The van der Waals surface area contributed by atoms with Gasteiger partial charge in [-0.3, -0.25) is 9.78 Å². The van der Waals surface area contributed by atoms with Crippen LogP contribution < -0.4 is 0 Å². The summed E-state index contributed by atoms with van der Waals surface area (Å²) in [6, 6.07) is 1.88. The average Bonchev–Trinajstić information content (AvgIpc) is 3.22. The maximum absolute atomic E-state index is 12.4. The summed E-state index contributed by atoms with van der Waals surface area (Å²) in [5.74, 6) is -2.66. The maximum atomic E-state index is 12.4. The zero-order valence-corrected chi connectivity index (χ0v) is 16.1. The molecule has 0 radical (unpaired) electrons. The van der Waals surface area contributed by atoms with Crippen molar-refractivity contribution in [1.82, 2.24) is 9.88 Å². The van der Waals surface area contributed by atoms with E-state index in [1.54, 1.807) is 17.4 Å². The highest BCUT2D eigenvalue weighted by molar-refractivity contribution is 7.08. The minimum atomic E-state index is -5.08. The fourth-order valence-corrected chi connectivity index (χ4v) is 3.32. The second-order valence-electron chi connectivity index (χ2n) is 6.03. The summed E-state index contributed by atoms with van der Waals surface area (Å²) < 4.78 is 37.3. The molecule has 0 bridgehead atoms. The molecule has 0 atom stereocenters. The molecule has 0 fully saturated rings. The number of carboxylic acid groups (broad SMARTS) is 1. The summed E-state index contributed by atoms with van der Waals surface area (Å²) in [6.07, 6.45) is 1.22. The summed E-state index contributed by atoms with van der Waals surface area (Å²) >= 11 is 1.55. The van der Waals surface area contributed by atoms with E-state index >= 15 is 0 Å². The Labute approximate surface area is 169 Å². The highest BCUT2D eigenvalue weighted by Crippen LogP contribution is 2.24. The third kappa shape index (κ3) is 6.40. The first kappa shape index (κ1) is 22.6. The Bertz CT molecular complexity index is 854. The van der Waals surface area contributed by atoms with E-state index in [4.69, 9.17) is 14.6 Å². The molecule has 3 rings (SSSR count). The predicted molar refractivity (Wildman–Crippen MR) is 101 cm³/mol. The molecule has 0 spiro atoms. The second-order valence-corrected chi connectivity index (χ2v) is 6.81. The maximum Gasteiger partial charge on any atom is 0.490 e. The lowest BCUT2D eigenvalue weighted by atomic mass is 9.97. The van der Waals surface area contributed by atoms with Gasteiger partial charge < -0.3 is 14.7 Å². The normalized spacial score (nSPS) is 13.1. The first-order chi connectivity index (χ1) is 13.7. The fourth-order valence-electron chi connectivity index (χ4n) is 2.69. The summed E-state index contributed by atoms with van der Waals surface area (Å²) in [6.45, 7) is 6.08. The summed E-state index contributed by atoms with van der Waals surface area (Å²) in [5, 5.41) is 11.0. The van der Waals surface area contributed by atoms with Gasteiger partial charge in [0.25, 0.3) is 5.91 Å². The molecule has 3 heterocycles. The first-order valence-electron chi connectivity index (χ1n) is 8.49. The summed E-state index contributed by atoms with van der Waals surface area (Å²) in [4.78, 5) is 27.5. The number of hydrogen-bond donors (Lipinski definition) is 1. The number of hydrogen-bond acceptors (Lipinski definition) is 5. The van der Waals surface area contributed by atoms with E-state index in [1.807, 2.05) is 34.1 Å². The van der Waals surface area contributed by atoms with Crippen molar-refractivity contribution >= 4 is 23.2 Å². The van der Waals surface area contributed by atoms with Crippen LogP contribution in [0.1, 0.15) is 27.0 Å². The molecule has 2 aromatic rings. The van der Waals surface area contributed by atoms with Crippen molar-refractivity contribution in [3.63, 3.8) is 0 Å². The Morgan fingerprint density at radius 3 is 2.69 bits per heavy atom. The molecule has 0 saturated carbocycles. The van der Waals surface area contributed by atoms with Crippen molar-refractivity contribution in [2.24, 2.45) is 0 Å². The number of ether oxygens (including phenoxy) is 1. The van der Waals surface area contributed by atoms with Crippen LogP contribution in [0.2, 0.25) is 0 Å². The van der Waals surface area contributed by atoms with Gasteiger partial charge in [-0.25, -0.2) is 4.79 Å². The van der Waals surface area contributed by atoms with Crippen molar-refractivity contribution in [2.75, 3.05) is 13.2 Å². The van der Waals surface area contributed by atoms with Crippen LogP contribution >= 0.6 is 11.3 Å². The number of carbonyl (C=O) groups excluding carboxylic acids is 1. The third-order valence-corrected chi connectivity index (χ3v) is 4.70. The van der Waals surface area contributed by atoms with E-state index in [9.17, 15) is 18.0 Å². The molecule has 10 heteroatoms. The van der Waals surface area contributed by atoms with Crippen LogP contribution in [0.3, 0.4) is 0 Å². The number of alkyl halides is 3. The lowest BCUT2D eigenvalue weighted by Crippen LogP contribution is -2.36. The molecule has 0 aliphatic carbocycles. The monoisotopic (exact) mass is 428 g/mol. The van der Waals surface area contributed by atoms with Crippen LogP contribution in [0.15, 0.2) is 41.9 Å². The minimum Gasteiger partial charge on any atom is -0.475 e. The van der Waals surface area contributed by atoms with Gasteiger partial charge in [0.2, 0.25) is 0 Å². The standard InChI is InChI=1S/C17H18N2O2S.C2HF3O2/c1-2-6-21-11-15-9-18-8-14-10-19(5-3-16(14)15)17(20)13-4-7-22-12-13;3-2(4,5)1(6)7/h2,4,7-9,12H,1,3,5-6,10-11H2;(H,6,7). The number of nitrogens with zero attached hydrogens (tertiary/aromatic N) is 2. The van der Waals surface area contributed by atoms with Gasteiger partial charge in [-0.15, -0.1) is 6.58 Å². The van der Waals surface area contributed by atoms with E-state index in [-0.39, 0.29) is 5.91 Å². The molecular weight excluding hydrogens is 409 g/mol. The van der Waals surface area contributed by atoms with E-state index in [0.717, 1.165) is 29.7 Å². The second kappa shape index (κ2) is 10.2. The summed E-state index contributed by atoms with van der Waals surface area (Å²) in [5.41, 5.74) is 4.27. The number of aromatic nitrogens is 1. The quantitative estimate of drug-likeness (QED) is 0.581. The molecular formula is C19H19F3N2O4S. The molecule has 0 unspecified atom stereocenters. The van der Waals surface area contributed by atoms with Crippen molar-refractivity contribution < 1.29 is 32.6 Å². The number of rotatable bonds is 5. The van der Waals surface area contributed by atoms with Crippen LogP contribution in [0.4, 0.5) is 13.2 Å². The van der Waals surface area contributed by atoms with Crippen LogP contribution in [-0.4, -0.2) is 46.2 Å². The zero-order chi connectivity index (χ0) is 21.4. The van der Waals surface area contributed by atoms with Crippen LogP contribution in [0.25, 0.3) is 0 Å². The van der Waals surface area contributed by atoms with E-state index < -0.39 is 12.1 Å². The lowest BCUT2D eigenvalue weighted by molar-refractivity contribution is -0.192. The van der Waals surface area contributed by atoms with Crippen molar-refractivity contribution in [3.8, 4) is 0 Å². The van der Waals surface area contributed by atoms with Gasteiger partial charge in [0, 0.05) is 30.9 Å². The van der Waals surface area contributed by atoms with Gasteiger partial charge in [-0.05, 0) is 34.6 Å². The highest BCUT2D eigenvalue weighted by Gasteiger charge is 2.38. The number of pyridine rings is 1. The molecule has 29 heavy (non-hydrogen) atoms. The summed E-state index contributed by atoms with van der Waals surface area (Å²) in [7, 11) is 0. The molecule has 1 amide bonds. The number of carbonyl (C=O) groups is 2. The number of aliphatic carboxylic acids is 1. The average molecular weight is 428 g/mol. The van der Waals surface area contributed by atoms with E-state index in [1.165, 1.54) is 5.56 Å². The number of fused-ring (bicyclic) bond motifs is 1. The predicted octanol–water partition coefficient (Wildman–Crippen LogP) is 3.68. The smallest absolute Gasteiger partial charge is 0.475 e. The molecule has 0 aromatic carbocycles. The molecule has 156 valence electrons. The Morgan fingerprint density at radius 2 is 2.10 bits per heavy atom. The Hall–Kier alpha value is -2.72. The highest BCUT2D eigenvalue weighted by atomic mass is 32.1.